The van der Waals surface area contributed by atoms with E-state index in [0.29, 0.717) is 32.2 Å². The molecule has 0 saturated carbocycles. The molecule has 8 heteroatoms. The molecule has 132 valence electrons. The zero-order chi connectivity index (χ0) is 18.7. The van der Waals surface area contributed by atoms with Crippen molar-refractivity contribution in [3.63, 3.8) is 0 Å². The highest BCUT2D eigenvalue weighted by atomic mass is 35.5. The highest BCUT2D eigenvalue weighted by Gasteiger charge is 2.11. The molecule has 1 N–H and O–H groups in total. The van der Waals surface area contributed by atoms with Gasteiger partial charge in [-0.25, -0.2) is 5.43 Å². The minimum Gasteiger partial charge on any atom is -0.455 e. The third-order valence-electron chi connectivity index (χ3n) is 3.35. The molecular weight excluding hydrogens is 418 g/mol. The van der Waals surface area contributed by atoms with Gasteiger partial charge >= 0.3 is 0 Å². The lowest BCUT2D eigenvalue weighted by molar-refractivity contribution is 0.0955. The van der Waals surface area contributed by atoms with Crippen molar-refractivity contribution < 1.29 is 9.21 Å². The number of hydrogen-bond donors (Lipinski definition) is 1. The molecule has 0 aliphatic rings. The lowest BCUT2D eigenvalue weighted by atomic mass is 10.2. The maximum Gasteiger partial charge on any atom is 0.272 e. The quantitative estimate of drug-likeness (QED) is 0.391. The van der Waals surface area contributed by atoms with Gasteiger partial charge in [0.25, 0.3) is 5.91 Å². The molecule has 1 heterocycles. The fourth-order valence-electron chi connectivity index (χ4n) is 2.14. The molecule has 0 fully saturated rings. The first kappa shape index (κ1) is 18.8. The Morgan fingerprint density at radius 2 is 1.65 bits per heavy atom. The van der Waals surface area contributed by atoms with Crippen LogP contribution in [-0.4, -0.2) is 12.1 Å². The molecule has 0 aliphatic carbocycles. The first-order valence-electron chi connectivity index (χ1n) is 7.28. The molecule has 4 nitrogen and oxygen atoms in total. The van der Waals surface area contributed by atoms with Gasteiger partial charge in [0.15, 0.2) is 0 Å². The van der Waals surface area contributed by atoms with Crippen molar-refractivity contribution in [2.24, 2.45) is 5.10 Å². The molecule has 1 amide bonds. The molecular formula is C18H10Cl4N2O2. The Morgan fingerprint density at radius 3 is 2.42 bits per heavy atom. The molecule has 3 aromatic rings. The molecule has 0 saturated heterocycles. The van der Waals surface area contributed by atoms with Crippen LogP contribution in [-0.2, 0) is 0 Å². The Balaban J connectivity index is 1.71. The van der Waals surface area contributed by atoms with Gasteiger partial charge in [-0.2, -0.15) is 5.10 Å². The van der Waals surface area contributed by atoms with Crippen LogP contribution in [0.3, 0.4) is 0 Å². The predicted octanol–water partition coefficient (Wildman–Crippen LogP) is 6.32. The standard InChI is InChI=1S/C18H10Cl4N2O2/c19-10-2-5-15(21)14(7-10)17-6-3-12(26-17)9-23-24-18(25)13-4-1-11(20)8-16(13)22/h1-9H,(H,24,25)/b23-9-. The molecule has 0 aliphatic heterocycles. The normalized spacial score (nSPS) is 11.1. The van der Waals surface area contributed by atoms with Gasteiger partial charge in [0.05, 0.1) is 21.8 Å². The maximum absolute atomic E-state index is 12.1. The van der Waals surface area contributed by atoms with Crippen molar-refractivity contribution in [2.45, 2.75) is 0 Å². The fourth-order valence-corrected chi connectivity index (χ4v) is 3.02. The summed E-state index contributed by atoms with van der Waals surface area (Å²) in [6.45, 7) is 0. The van der Waals surface area contributed by atoms with E-state index in [0.717, 1.165) is 0 Å². The van der Waals surface area contributed by atoms with Crippen LogP contribution in [0.4, 0.5) is 0 Å². The van der Waals surface area contributed by atoms with Gasteiger partial charge in [-0.15, -0.1) is 0 Å². The number of carbonyl (C=O) groups is 1. The number of nitrogens with one attached hydrogen (secondary N) is 1. The van der Waals surface area contributed by atoms with Crippen molar-refractivity contribution in [2.75, 3.05) is 0 Å². The van der Waals surface area contributed by atoms with Crippen LogP contribution >= 0.6 is 46.4 Å². The lowest BCUT2D eigenvalue weighted by Crippen LogP contribution is -2.17. The molecule has 0 radical (unpaired) electrons. The van der Waals surface area contributed by atoms with Crippen LogP contribution in [0.5, 0.6) is 0 Å². The predicted molar refractivity (Wildman–Crippen MR) is 106 cm³/mol. The van der Waals surface area contributed by atoms with Crippen LogP contribution in [0.25, 0.3) is 11.3 Å². The average Bonchev–Trinajstić information content (AvgIpc) is 3.05. The number of carbonyl (C=O) groups excluding carboxylic acids is 1. The summed E-state index contributed by atoms with van der Waals surface area (Å²) in [6, 6.07) is 13.1. The van der Waals surface area contributed by atoms with Gasteiger partial charge in [0.1, 0.15) is 11.5 Å². The summed E-state index contributed by atoms with van der Waals surface area (Å²) in [5, 5.41) is 5.60. The minimum atomic E-state index is -0.465. The number of hydrogen-bond acceptors (Lipinski definition) is 3. The number of benzene rings is 2. The van der Waals surface area contributed by atoms with E-state index in [2.05, 4.69) is 10.5 Å². The number of nitrogens with zero attached hydrogens (tertiary/aromatic N) is 1. The SMILES string of the molecule is O=C(N/N=C\c1ccc(-c2cc(Cl)ccc2Cl)o1)c1ccc(Cl)cc1Cl. The Morgan fingerprint density at radius 1 is 0.923 bits per heavy atom. The van der Waals surface area contributed by atoms with E-state index in [1.54, 1.807) is 36.4 Å². The summed E-state index contributed by atoms with van der Waals surface area (Å²) in [6.07, 6.45) is 1.36. The molecule has 26 heavy (non-hydrogen) atoms. The largest absolute Gasteiger partial charge is 0.455 e. The van der Waals surface area contributed by atoms with Crippen LogP contribution < -0.4 is 5.43 Å². The minimum absolute atomic E-state index is 0.237. The fraction of sp³-hybridized carbons (Fsp3) is 0. The van der Waals surface area contributed by atoms with E-state index in [4.69, 9.17) is 50.8 Å². The lowest BCUT2D eigenvalue weighted by Gasteiger charge is -2.02. The summed E-state index contributed by atoms with van der Waals surface area (Å²) in [5.74, 6) is 0.497. The first-order chi connectivity index (χ1) is 12.4. The Labute approximate surface area is 169 Å². The smallest absolute Gasteiger partial charge is 0.272 e. The van der Waals surface area contributed by atoms with Crippen LogP contribution in [0.2, 0.25) is 20.1 Å². The summed E-state index contributed by atoms with van der Waals surface area (Å²) in [4.78, 5) is 12.1. The third kappa shape index (κ3) is 4.40. The monoisotopic (exact) mass is 426 g/mol. The highest BCUT2D eigenvalue weighted by molar-refractivity contribution is 6.37. The van der Waals surface area contributed by atoms with Crippen LogP contribution in [0.1, 0.15) is 16.1 Å². The zero-order valence-corrected chi connectivity index (χ0v) is 16.0. The second-order valence-corrected chi connectivity index (χ2v) is 6.84. The Bertz CT molecular complexity index is 999. The number of furan rings is 1. The summed E-state index contributed by atoms with van der Waals surface area (Å²) >= 11 is 23.9. The van der Waals surface area contributed by atoms with E-state index in [1.165, 1.54) is 18.3 Å². The Hall–Kier alpha value is -1.98. The van der Waals surface area contributed by atoms with Gasteiger partial charge in [0.2, 0.25) is 0 Å². The topological polar surface area (TPSA) is 54.6 Å². The molecule has 2 aromatic carbocycles. The van der Waals surface area contributed by atoms with Gasteiger partial charge in [-0.05, 0) is 48.5 Å². The van der Waals surface area contributed by atoms with E-state index in [1.807, 2.05) is 0 Å². The van der Waals surface area contributed by atoms with Crippen molar-refractivity contribution in [1.29, 1.82) is 0 Å². The van der Waals surface area contributed by atoms with Crippen LogP contribution in [0.15, 0.2) is 58.0 Å². The van der Waals surface area contributed by atoms with Gasteiger partial charge in [-0.3, -0.25) is 4.79 Å². The number of halogens is 4. The van der Waals surface area contributed by atoms with Gasteiger partial charge < -0.3 is 4.42 Å². The molecule has 3 rings (SSSR count). The molecule has 0 unspecified atom stereocenters. The average molecular weight is 428 g/mol. The van der Waals surface area contributed by atoms with Gasteiger partial charge in [0, 0.05) is 15.6 Å². The summed E-state index contributed by atoms with van der Waals surface area (Å²) in [5.41, 5.74) is 3.30. The van der Waals surface area contributed by atoms with Gasteiger partial charge in [-0.1, -0.05) is 46.4 Å². The Kier molecular flexibility index (Phi) is 5.89. The zero-order valence-electron chi connectivity index (χ0n) is 13.0. The molecule has 0 atom stereocenters. The number of amides is 1. The van der Waals surface area contributed by atoms with Crippen molar-refractivity contribution in [3.8, 4) is 11.3 Å². The van der Waals surface area contributed by atoms with Crippen molar-refractivity contribution in [3.05, 3.63) is 79.9 Å². The first-order valence-corrected chi connectivity index (χ1v) is 8.79. The summed E-state index contributed by atoms with van der Waals surface area (Å²) in [7, 11) is 0. The number of rotatable bonds is 4. The number of hydrazone groups is 1. The molecule has 1 aromatic heterocycles. The van der Waals surface area contributed by atoms with Crippen molar-refractivity contribution in [1.82, 2.24) is 5.43 Å². The van der Waals surface area contributed by atoms with E-state index >= 15 is 0 Å². The van der Waals surface area contributed by atoms with Crippen molar-refractivity contribution >= 4 is 58.5 Å². The second-order valence-electron chi connectivity index (χ2n) is 5.15. The molecule has 0 bridgehead atoms. The second kappa shape index (κ2) is 8.14. The van der Waals surface area contributed by atoms with E-state index < -0.39 is 5.91 Å². The highest BCUT2D eigenvalue weighted by Crippen LogP contribution is 2.31. The summed E-state index contributed by atoms with van der Waals surface area (Å²) < 4.78 is 5.65. The van der Waals surface area contributed by atoms with Crippen LogP contribution in [0, 0.1) is 0 Å². The maximum atomic E-state index is 12.1. The van der Waals surface area contributed by atoms with E-state index in [-0.39, 0.29) is 10.6 Å². The molecule has 0 spiro atoms. The third-order valence-corrected chi connectivity index (χ3v) is 4.47. The van der Waals surface area contributed by atoms with E-state index in [9.17, 15) is 4.79 Å².